The van der Waals surface area contributed by atoms with Crippen molar-refractivity contribution in [2.75, 3.05) is 0 Å². The van der Waals surface area contributed by atoms with Crippen LogP contribution in [0.2, 0.25) is 0 Å². The van der Waals surface area contributed by atoms with Gasteiger partial charge in [-0.1, -0.05) is 28.1 Å². The second-order valence-corrected chi connectivity index (χ2v) is 4.27. The molecule has 0 spiro atoms. The first-order valence-corrected chi connectivity index (χ1v) is 5.49. The van der Waals surface area contributed by atoms with Gasteiger partial charge in [-0.05, 0) is 17.7 Å². The molecule has 2 rings (SSSR count). The van der Waals surface area contributed by atoms with Crippen LogP contribution >= 0.6 is 15.9 Å². The largest absolute Gasteiger partial charge is 0.323 e. The van der Waals surface area contributed by atoms with E-state index >= 15 is 0 Å². The molecule has 0 unspecified atom stereocenters. The third kappa shape index (κ3) is 2.30. The van der Waals surface area contributed by atoms with Crippen molar-refractivity contribution < 1.29 is 0 Å². The van der Waals surface area contributed by atoms with Gasteiger partial charge >= 0.3 is 11.1 Å². The Hall–Kier alpha value is -1.62. The third-order valence-electron chi connectivity index (χ3n) is 2.17. The first-order chi connectivity index (χ1) is 7.66. The van der Waals surface area contributed by atoms with Gasteiger partial charge in [0.1, 0.15) is 0 Å². The molecule has 1 N–H and O–H groups in total. The van der Waals surface area contributed by atoms with Crippen LogP contribution < -0.4 is 11.1 Å². The van der Waals surface area contributed by atoms with Crippen molar-refractivity contribution in [3.05, 3.63) is 67.4 Å². The minimum atomic E-state index is -0.600. The van der Waals surface area contributed by atoms with E-state index in [0.29, 0.717) is 6.54 Å². The fourth-order valence-electron chi connectivity index (χ4n) is 1.42. The van der Waals surface area contributed by atoms with Crippen molar-refractivity contribution in [3.63, 3.8) is 0 Å². The summed E-state index contributed by atoms with van der Waals surface area (Å²) in [6.45, 7) is 0.391. The van der Waals surface area contributed by atoms with Crippen LogP contribution in [0.1, 0.15) is 5.56 Å². The van der Waals surface area contributed by atoms with E-state index in [1.54, 1.807) is 6.20 Å². The summed E-state index contributed by atoms with van der Waals surface area (Å²) in [7, 11) is 0. The Balaban J connectivity index is 2.38. The lowest BCUT2D eigenvalue weighted by molar-refractivity contribution is 0.737. The second-order valence-electron chi connectivity index (χ2n) is 3.35. The lowest BCUT2D eigenvalue weighted by Crippen LogP contribution is -2.35. The van der Waals surface area contributed by atoms with Crippen LogP contribution in [0.3, 0.4) is 0 Å². The fourth-order valence-corrected chi connectivity index (χ4v) is 1.87. The van der Waals surface area contributed by atoms with Gasteiger partial charge in [0, 0.05) is 16.9 Å². The molecule has 0 aliphatic rings. The van der Waals surface area contributed by atoms with Crippen LogP contribution in [0, 0.1) is 0 Å². The quantitative estimate of drug-likeness (QED) is 0.845. The van der Waals surface area contributed by atoms with E-state index in [4.69, 9.17) is 0 Å². The second kappa shape index (κ2) is 4.49. The SMILES string of the molecule is O=c1[nH]ccn(Cc2cccc(Br)c2)c1=O. The molecule has 0 saturated heterocycles. The van der Waals surface area contributed by atoms with E-state index in [0.717, 1.165) is 10.0 Å². The van der Waals surface area contributed by atoms with Gasteiger partial charge in [-0.3, -0.25) is 9.59 Å². The summed E-state index contributed by atoms with van der Waals surface area (Å²) in [6, 6.07) is 7.60. The summed E-state index contributed by atoms with van der Waals surface area (Å²) < 4.78 is 2.32. The summed E-state index contributed by atoms with van der Waals surface area (Å²) in [4.78, 5) is 24.9. The molecule has 16 heavy (non-hydrogen) atoms. The van der Waals surface area contributed by atoms with Gasteiger partial charge in [0.2, 0.25) is 0 Å². The fraction of sp³-hybridized carbons (Fsp3) is 0.0909. The molecule has 1 aromatic carbocycles. The monoisotopic (exact) mass is 280 g/mol. The summed E-state index contributed by atoms with van der Waals surface area (Å²) >= 11 is 3.35. The van der Waals surface area contributed by atoms with Gasteiger partial charge < -0.3 is 9.55 Å². The van der Waals surface area contributed by atoms with Gasteiger partial charge in [0.05, 0.1) is 6.54 Å². The number of nitrogens with one attached hydrogen (secondary N) is 1. The number of H-pyrrole nitrogens is 1. The molecule has 0 amide bonds. The van der Waals surface area contributed by atoms with E-state index in [-0.39, 0.29) is 0 Å². The zero-order chi connectivity index (χ0) is 11.5. The standard InChI is InChI=1S/C11H9BrN2O2/c12-9-3-1-2-8(6-9)7-14-5-4-13-10(15)11(14)16/h1-6H,7H2,(H,13,15). The Morgan fingerprint density at radius 1 is 1.31 bits per heavy atom. The third-order valence-corrected chi connectivity index (χ3v) is 2.66. The van der Waals surface area contributed by atoms with Crippen LogP contribution in [0.25, 0.3) is 0 Å². The highest BCUT2D eigenvalue weighted by Gasteiger charge is 2.00. The number of halogens is 1. The molecule has 1 heterocycles. The molecule has 0 aliphatic heterocycles. The average molecular weight is 281 g/mol. The van der Waals surface area contributed by atoms with Gasteiger partial charge in [-0.15, -0.1) is 0 Å². The molecule has 5 heteroatoms. The van der Waals surface area contributed by atoms with E-state index in [9.17, 15) is 9.59 Å². The van der Waals surface area contributed by atoms with E-state index in [1.165, 1.54) is 10.8 Å². The van der Waals surface area contributed by atoms with Gasteiger partial charge in [-0.25, -0.2) is 0 Å². The number of hydrogen-bond acceptors (Lipinski definition) is 2. The predicted molar refractivity (Wildman–Crippen MR) is 64.6 cm³/mol. The molecular formula is C11H9BrN2O2. The smallest absolute Gasteiger partial charge is 0.316 e. The maximum absolute atomic E-state index is 11.5. The highest BCUT2D eigenvalue weighted by atomic mass is 79.9. The molecule has 0 fully saturated rings. The first kappa shape index (κ1) is 10.9. The van der Waals surface area contributed by atoms with Crippen LogP contribution in [0.4, 0.5) is 0 Å². The molecule has 0 atom stereocenters. The van der Waals surface area contributed by atoms with Gasteiger partial charge in [0.15, 0.2) is 0 Å². The van der Waals surface area contributed by atoms with Crippen molar-refractivity contribution in [1.82, 2.24) is 9.55 Å². The Labute approximate surface area is 99.7 Å². The van der Waals surface area contributed by atoms with Crippen LogP contribution in [0.15, 0.2) is 50.7 Å². The normalized spacial score (nSPS) is 10.3. The lowest BCUT2D eigenvalue weighted by Gasteiger charge is -2.04. The van der Waals surface area contributed by atoms with Crippen LogP contribution in [0.5, 0.6) is 0 Å². The lowest BCUT2D eigenvalue weighted by atomic mass is 10.2. The zero-order valence-corrected chi connectivity index (χ0v) is 9.90. The molecule has 0 saturated carbocycles. The molecular weight excluding hydrogens is 272 g/mol. The Kier molecular flexibility index (Phi) is 3.05. The number of aromatic nitrogens is 2. The number of nitrogens with zero attached hydrogens (tertiary/aromatic N) is 1. The minimum absolute atomic E-state index is 0.391. The number of benzene rings is 1. The summed E-state index contributed by atoms with van der Waals surface area (Å²) in [5.41, 5.74) is -0.179. The molecule has 2 aromatic rings. The zero-order valence-electron chi connectivity index (χ0n) is 8.31. The Morgan fingerprint density at radius 3 is 2.88 bits per heavy atom. The minimum Gasteiger partial charge on any atom is -0.323 e. The van der Waals surface area contributed by atoms with Gasteiger partial charge in [0.25, 0.3) is 0 Å². The molecule has 1 aromatic heterocycles. The number of rotatable bonds is 2. The van der Waals surface area contributed by atoms with Gasteiger partial charge in [-0.2, -0.15) is 0 Å². The molecule has 0 bridgehead atoms. The van der Waals surface area contributed by atoms with Crippen molar-refractivity contribution in [3.8, 4) is 0 Å². The number of aromatic amines is 1. The van der Waals surface area contributed by atoms with Crippen LogP contribution in [-0.4, -0.2) is 9.55 Å². The molecule has 82 valence electrons. The van der Waals surface area contributed by atoms with E-state index in [1.807, 2.05) is 24.3 Å². The maximum Gasteiger partial charge on any atom is 0.316 e. The topological polar surface area (TPSA) is 54.9 Å². The molecule has 0 aliphatic carbocycles. The van der Waals surface area contributed by atoms with Crippen molar-refractivity contribution in [1.29, 1.82) is 0 Å². The summed E-state index contributed by atoms with van der Waals surface area (Å²) in [6.07, 6.45) is 3.02. The first-order valence-electron chi connectivity index (χ1n) is 4.69. The Morgan fingerprint density at radius 2 is 2.12 bits per heavy atom. The number of hydrogen-bond donors (Lipinski definition) is 1. The van der Waals surface area contributed by atoms with E-state index in [2.05, 4.69) is 20.9 Å². The van der Waals surface area contributed by atoms with Crippen LogP contribution in [-0.2, 0) is 6.54 Å². The highest BCUT2D eigenvalue weighted by molar-refractivity contribution is 9.10. The summed E-state index contributed by atoms with van der Waals surface area (Å²) in [5.74, 6) is 0. The van der Waals surface area contributed by atoms with Crippen molar-refractivity contribution >= 4 is 15.9 Å². The highest BCUT2D eigenvalue weighted by Crippen LogP contribution is 2.11. The Bertz CT molecular complexity index is 616. The maximum atomic E-state index is 11.5. The summed E-state index contributed by atoms with van der Waals surface area (Å²) in [5, 5.41) is 0. The average Bonchev–Trinajstić information content (AvgIpc) is 2.25. The predicted octanol–water partition coefficient (Wildman–Crippen LogP) is 1.35. The van der Waals surface area contributed by atoms with E-state index < -0.39 is 11.1 Å². The molecule has 4 nitrogen and oxygen atoms in total. The molecule has 0 radical (unpaired) electrons. The van der Waals surface area contributed by atoms with Crippen molar-refractivity contribution in [2.45, 2.75) is 6.54 Å². The van der Waals surface area contributed by atoms with Crippen molar-refractivity contribution in [2.24, 2.45) is 0 Å².